The number of halogens is 2. The third-order valence-electron chi connectivity index (χ3n) is 2.99. The Hall–Kier alpha value is -1.68. The summed E-state index contributed by atoms with van der Waals surface area (Å²) in [5.74, 6) is 0.463. The first-order valence-electron chi connectivity index (χ1n) is 6.66. The normalized spacial score (nSPS) is 10.6. The minimum absolute atomic E-state index is 0.214. The van der Waals surface area contributed by atoms with E-state index in [1.54, 1.807) is 0 Å². The Morgan fingerprint density at radius 2 is 2.15 bits per heavy atom. The van der Waals surface area contributed by atoms with E-state index in [1.165, 1.54) is 11.9 Å². The molecule has 3 nitrogen and oxygen atoms in total. The van der Waals surface area contributed by atoms with Crippen molar-refractivity contribution >= 4 is 23.1 Å². The van der Waals surface area contributed by atoms with Gasteiger partial charge in [-0.1, -0.05) is 19.1 Å². The first-order valence-corrected chi connectivity index (χ1v) is 7.19. The molecule has 1 aromatic carbocycles. The number of nitrogens with zero attached hydrogens (tertiary/aromatic N) is 2. The van der Waals surface area contributed by atoms with Crippen LogP contribution in [-0.2, 0) is 12.8 Å². The number of benzene rings is 1. The first kappa shape index (κ1) is 14.7. The van der Waals surface area contributed by atoms with E-state index in [0.717, 1.165) is 18.5 Å². The van der Waals surface area contributed by atoms with Gasteiger partial charge in [0, 0.05) is 11.6 Å². The molecule has 0 aliphatic heterocycles. The molecule has 2 rings (SSSR count). The average molecular weight is 294 g/mol. The summed E-state index contributed by atoms with van der Waals surface area (Å²) in [6.07, 6.45) is 3.75. The lowest BCUT2D eigenvalue weighted by atomic mass is 10.1. The molecular formula is C15H17ClFN3. The molecule has 0 bridgehead atoms. The molecule has 1 heterocycles. The second-order valence-corrected chi connectivity index (χ2v) is 4.83. The number of alkyl halides is 1. The van der Waals surface area contributed by atoms with Crippen LogP contribution in [0.3, 0.4) is 0 Å². The zero-order valence-electron chi connectivity index (χ0n) is 11.4. The molecule has 0 atom stereocenters. The second-order valence-electron chi connectivity index (χ2n) is 4.45. The van der Waals surface area contributed by atoms with Crippen molar-refractivity contribution < 1.29 is 4.39 Å². The SMILES string of the molecule is CCc1ncnc(Nc2cccc(CCCCl)c2)c1F. The van der Waals surface area contributed by atoms with Crippen LogP contribution in [0.5, 0.6) is 0 Å². The van der Waals surface area contributed by atoms with Crippen molar-refractivity contribution in [3.8, 4) is 0 Å². The average Bonchev–Trinajstić information content (AvgIpc) is 2.48. The molecule has 2 aromatic rings. The molecular weight excluding hydrogens is 277 g/mol. The minimum Gasteiger partial charge on any atom is -0.338 e. The van der Waals surface area contributed by atoms with Gasteiger partial charge in [0.25, 0.3) is 0 Å². The third kappa shape index (κ3) is 3.67. The van der Waals surface area contributed by atoms with Crippen molar-refractivity contribution in [2.75, 3.05) is 11.2 Å². The van der Waals surface area contributed by atoms with Gasteiger partial charge in [0.05, 0.1) is 5.69 Å². The lowest BCUT2D eigenvalue weighted by molar-refractivity contribution is 0.599. The molecule has 0 aliphatic rings. The highest BCUT2D eigenvalue weighted by atomic mass is 35.5. The molecule has 0 fully saturated rings. The largest absolute Gasteiger partial charge is 0.338 e. The molecule has 20 heavy (non-hydrogen) atoms. The van der Waals surface area contributed by atoms with Crippen molar-refractivity contribution in [2.24, 2.45) is 0 Å². The molecule has 1 aromatic heterocycles. The Morgan fingerprint density at radius 3 is 2.90 bits per heavy atom. The maximum atomic E-state index is 14.1. The fourth-order valence-corrected chi connectivity index (χ4v) is 2.09. The van der Waals surface area contributed by atoms with Gasteiger partial charge in [-0.15, -0.1) is 11.6 Å². The summed E-state index contributed by atoms with van der Waals surface area (Å²) in [5, 5.41) is 3.00. The topological polar surface area (TPSA) is 37.8 Å². The van der Waals surface area contributed by atoms with Gasteiger partial charge in [-0.3, -0.25) is 0 Å². The van der Waals surface area contributed by atoms with Crippen LogP contribution in [0.2, 0.25) is 0 Å². The molecule has 106 valence electrons. The van der Waals surface area contributed by atoms with E-state index in [2.05, 4.69) is 15.3 Å². The van der Waals surface area contributed by atoms with E-state index in [9.17, 15) is 4.39 Å². The summed E-state index contributed by atoms with van der Waals surface area (Å²) in [4.78, 5) is 7.87. The van der Waals surface area contributed by atoms with E-state index in [4.69, 9.17) is 11.6 Å². The van der Waals surface area contributed by atoms with E-state index in [0.29, 0.717) is 18.0 Å². The zero-order valence-corrected chi connectivity index (χ0v) is 12.1. The van der Waals surface area contributed by atoms with Crippen LogP contribution in [0.15, 0.2) is 30.6 Å². The number of anilines is 2. The quantitative estimate of drug-likeness (QED) is 0.815. The number of aromatic nitrogens is 2. The van der Waals surface area contributed by atoms with Crippen LogP contribution < -0.4 is 5.32 Å². The predicted octanol–water partition coefficient (Wildman–Crippen LogP) is 4.09. The molecule has 0 saturated carbocycles. The van der Waals surface area contributed by atoms with Crippen LogP contribution in [0.25, 0.3) is 0 Å². The lowest BCUT2D eigenvalue weighted by Crippen LogP contribution is -2.03. The number of hydrogen-bond donors (Lipinski definition) is 1. The number of aryl methyl sites for hydroxylation is 2. The smallest absolute Gasteiger partial charge is 0.187 e. The molecule has 0 saturated heterocycles. The zero-order chi connectivity index (χ0) is 14.4. The van der Waals surface area contributed by atoms with Crippen molar-refractivity contribution in [3.05, 3.63) is 47.7 Å². The number of hydrogen-bond acceptors (Lipinski definition) is 3. The van der Waals surface area contributed by atoms with Gasteiger partial charge in [-0.05, 0) is 37.0 Å². The number of nitrogens with one attached hydrogen (secondary N) is 1. The Morgan fingerprint density at radius 1 is 1.30 bits per heavy atom. The van der Waals surface area contributed by atoms with Gasteiger partial charge in [0.1, 0.15) is 6.33 Å². The Kier molecular flexibility index (Phi) is 5.30. The van der Waals surface area contributed by atoms with E-state index in [-0.39, 0.29) is 11.6 Å². The second kappa shape index (κ2) is 7.20. The van der Waals surface area contributed by atoms with E-state index in [1.807, 2.05) is 31.2 Å². The van der Waals surface area contributed by atoms with Crippen LogP contribution in [0.1, 0.15) is 24.6 Å². The van der Waals surface area contributed by atoms with Gasteiger partial charge < -0.3 is 5.32 Å². The molecule has 0 unspecified atom stereocenters. The molecule has 0 spiro atoms. The Balaban J connectivity index is 2.17. The van der Waals surface area contributed by atoms with Gasteiger partial charge >= 0.3 is 0 Å². The van der Waals surface area contributed by atoms with Crippen LogP contribution in [0.4, 0.5) is 15.9 Å². The summed E-state index contributed by atoms with van der Waals surface area (Å²) in [7, 11) is 0. The van der Waals surface area contributed by atoms with Crippen molar-refractivity contribution in [3.63, 3.8) is 0 Å². The number of rotatable bonds is 6. The van der Waals surface area contributed by atoms with E-state index < -0.39 is 0 Å². The molecule has 0 radical (unpaired) electrons. The fraction of sp³-hybridized carbons (Fsp3) is 0.333. The summed E-state index contributed by atoms with van der Waals surface area (Å²) < 4.78 is 14.1. The van der Waals surface area contributed by atoms with Crippen molar-refractivity contribution in [1.82, 2.24) is 9.97 Å². The van der Waals surface area contributed by atoms with Gasteiger partial charge in [0.15, 0.2) is 11.6 Å². The van der Waals surface area contributed by atoms with Crippen molar-refractivity contribution in [2.45, 2.75) is 26.2 Å². The van der Waals surface area contributed by atoms with Crippen molar-refractivity contribution in [1.29, 1.82) is 0 Å². The predicted molar refractivity (Wildman–Crippen MR) is 80.1 cm³/mol. The van der Waals surface area contributed by atoms with Gasteiger partial charge in [-0.25, -0.2) is 14.4 Å². The molecule has 5 heteroatoms. The highest BCUT2D eigenvalue weighted by Gasteiger charge is 2.09. The first-order chi connectivity index (χ1) is 9.74. The highest BCUT2D eigenvalue weighted by Crippen LogP contribution is 2.20. The summed E-state index contributed by atoms with van der Waals surface area (Å²) in [5.41, 5.74) is 2.40. The summed E-state index contributed by atoms with van der Waals surface area (Å²) in [6.45, 7) is 1.86. The maximum Gasteiger partial charge on any atom is 0.187 e. The molecule has 0 amide bonds. The summed E-state index contributed by atoms with van der Waals surface area (Å²) in [6, 6.07) is 7.84. The van der Waals surface area contributed by atoms with E-state index >= 15 is 0 Å². The van der Waals surface area contributed by atoms with Gasteiger partial charge in [-0.2, -0.15) is 0 Å². The minimum atomic E-state index is -0.388. The van der Waals surface area contributed by atoms with Crippen LogP contribution in [-0.4, -0.2) is 15.8 Å². The fourth-order valence-electron chi connectivity index (χ4n) is 1.95. The highest BCUT2D eigenvalue weighted by molar-refractivity contribution is 6.17. The third-order valence-corrected chi connectivity index (χ3v) is 3.25. The standard InChI is InChI=1S/C15H17ClFN3/c1-2-13-14(17)15(19-10-18-13)20-12-7-3-5-11(9-12)6-4-8-16/h3,5,7,9-10H,2,4,6,8H2,1H3,(H,18,19,20). The summed E-state index contributed by atoms with van der Waals surface area (Å²) >= 11 is 5.69. The lowest BCUT2D eigenvalue weighted by Gasteiger charge is -2.09. The molecule has 0 aliphatic carbocycles. The molecule has 1 N–H and O–H groups in total. The Labute approximate surface area is 123 Å². The van der Waals surface area contributed by atoms with Crippen LogP contribution in [0, 0.1) is 5.82 Å². The Bertz CT molecular complexity index is 575. The maximum absolute atomic E-state index is 14.1. The monoisotopic (exact) mass is 293 g/mol. The van der Waals surface area contributed by atoms with Crippen LogP contribution >= 0.6 is 11.6 Å². The van der Waals surface area contributed by atoms with Gasteiger partial charge in [0.2, 0.25) is 0 Å².